The molecule has 5 nitrogen and oxygen atoms in total. The maximum absolute atomic E-state index is 13.7. The second-order valence-electron chi connectivity index (χ2n) is 9.29. The molecule has 0 radical (unpaired) electrons. The van der Waals surface area contributed by atoms with E-state index in [2.05, 4.69) is 48.0 Å². The van der Waals surface area contributed by atoms with Crippen LogP contribution in [-0.2, 0) is 24.1 Å². The van der Waals surface area contributed by atoms with E-state index in [1.807, 2.05) is 31.0 Å². The zero-order chi connectivity index (χ0) is 23.4. The van der Waals surface area contributed by atoms with Gasteiger partial charge in [-0.1, -0.05) is 18.2 Å². The van der Waals surface area contributed by atoms with Crippen LogP contribution >= 0.6 is 0 Å². The molecule has 2 aliphatic heterocycles. The summed E-state index contributed by atoms with van der Waals surface area (Å²) in [4.78, 5) is 22.8. The molecule has 176 valence electrons. The highest BCUT2D eigenvalue weighted by Crippen LogP contribution is 2.31. The molecule has 3 heterocycles. The first kappa shape index (κ1) is 23.5. The normalized spacial score (nSPS) is 18.7. The first-order valence-corrected chi connectivity index (χ1v) is 12.3. The number of pyridine rings is 1. The average Bonchev–Trinajstić information content (AvgIpc) is 2.81. The minimum atomic E-state index is 0.0785. The van der Waals surface area contributed by atoms with Crippen LogP contribution in [0.25, 0.3) is 0 Å². The molecule has 0 spiro atoms. The van der Waals surface area contributed by atoms with Crippen LogP contribution in [0.5, 0.6) is 0 Å². The van der Waals surface area contributed by atoms with Gasteiger partial charge >= 0.3 is 0 Å². The lowest BCUT2D eigenvalue weighted by Crippen LogP contribution is -2.40. The van der Waals surface area contributed by atoms with E-state index in [1.165, 1.54) is 16.8 Å². The monoisotopic (exact) mass is 447 g/mol. The molecular formula is C28H37N3O2. The van der Waals surface area contributed by atoms with Crippen LogP contribution < -0.4 is 4.90 Å². The smallest absolute Gasteiger partial charge is 0.254 e. The lowest BCUT2D eigenvalue weighted by Gasteiger charge is -2.37. The highest BCUT2D eigenvalue weighted by molar-refractivity contribution is 5.97. The van der Waals surface area contributed by atoms with Crippen molar-refractivity contribution in [1.29, 1.82) is 0 Å². The summed E-state index contributed by atoms with van der Waals surface area (Å²) in [5.74, 6) is 0.0785. The molecule has 1 fully saturated rings. The SMILES string of the molecule is CCN(c1cccc2c1C/C=C/CCc1cc(C)nc(C)c1CN(C)C2=O)C1CCOCC1. The summed E-state index contributed by atoms with van der Waals surface area (Å²) in [5.41, 5.74) is 7.69. The molecule has 0 saturated carbocycles. The van der Waals surface area contributed by atoms with Crippen LogP contribution in [0, 0.1) is 13.8 Å². The minimum Gasteiger partial charge on any atom is -0.381 e. The number of anilines is 1. The van der Waals surface area contributed by atoms with E-state index < -0.39 is 0 Å². The van der Waals surface area contributed by atoms with Crippen molar-refractivity contribution in [2.45, 2.75) is 65.5 Å². The maximum atomic E-state index is 13.7. The molecular weight excluding hydrogens is 410 g/mol. The fourth-order valence-corrected chi connectivity index (χ4v) is 5.33. The number of rotatable bonds is 3. The van der Waals surface area contributed by atoms with E-state index in [0.29, 0.717) is 12.6 Å². The lowest BCUT2D eigenvalue weighted by molar-refractivity contribution is 0.0782. The van der Waals surface area contributed by atoms with Gasteiger partial charge in [0.1, 0.15) is 0 Å². The number of fused-ring (bicyclic) bond motifs is 2. The molecule has 0 unspecified atom stereocenters. The van der Waals surface area contributed by atoms with Crippen molar-refractivity contribution in [2.24, 2.45) is 0 Å². The van der Waals surface area contributed by atoms with Crippen molar-refractivity contribution in [1.82, 2.24) is 9.88 Å². The van der Waals surface area contributed by atoms with Gasteiger partial charge in [0.15, 0.2) is 0 Å². The van der Waals surface area contributed by atoms with E-state index in [1.54, 1.807) is 0 Å². The van der Waals surface area contributed by atoms with Gasteiger partial charge in [0.2, 0.25) is 0 Å². The lowest BCUT2D eigenvalue weighted by atomic mass is 9.95. The Balaban J connectivity index is 1.74. The Morgan fingerprint density at radius 2 is 1.94 bits per heavy atom. The Bertz CT molecular complexity index is 1020. The molecule has 0 atom stereocenters. The summed E-state index contributed by atoms with van der Waals surface area (Å²) >= 11 is 0. The summed E-state index contributed by atoms with van der Waals surface area (Å²) in [6.45, 7) is 9.44. The van der Waals surface area contributed by atoms with Crippen LogP contribution in [0.3, 0.4) is 0 Å². The first-order chi connectivity index (χ1) is 16.0. The van der Waals surface area contributed by atoms with Crippen molar-refractivity contribution in [3.8, 4) is 0 Å². The van der Waals surface area contributed by atoms with E-state index in [0.717, 1.165) is 74.4 Å². The highest BCUT2D eigenvalue weighted by Gasteiger charge is 2.26. The first-order valence-electron chi connectivity index (χ1n) is 12.3. The number of aromatic nitrogens is 1. The number of amides is 1. The number of nitrogens with zero attached hydrogens (tertiary/aromatic N) is 3. The third kappa shape index (κ3) is 5.14. The number of aryl methyl sites for hydroxylation is 3. The number of carbonyl (C=O) groups excluding carboxylic acids is 1. The average molecular weight is 448 g/mol. The van der Waals surface area contributed by atoms with Crippen molar-refractivity contribution in [3.05, 3.63) is 70.1 Å². The second kappa shape index (κ2) is 10.5. The summed E-state index contributed by atoms with van der Waals surface area (Å²) in [7, 11) is 1.92. The number of hydrogen-bond acceptors (Lipinski definition) is 4. The molecule has 2 aliphatic rings. The fraction of sp³-hybridized carbons (Fsp3) is 0.500. The van der Waals surface area contributed by atoms with Crippen molar-refractivity contribution in [3.63, 3.8) is 0 Å². The Morgan fingerprint density at radius 1 is 1.15 bits per heavy atom. The molecule has 0 N–H and O–H groups in total. The Labute approximate surface area is 198 Å². The van der Waals surface area contributed by atoms with Crippen LogP contribution in [0.1, 0.15) is 64.6 Å². The summed E-state index contributed by atoms with van der Waals surface area (Å²) in [5, 5.41) is 0. The minimum absolute atomic E-state index is 0.0785. The predicted octanol–water partition coefficient (Wildman–Crippen LogP) is 5.02. The van der Waals surface area contributed by atoms with Gasteiger partial charge in [-0.15, -0.1) is 0 Å². The van der Waals surface area contributed by atoms with E-state index in [-0.39, 0.29) is 5.91 Å². The molecule has 0 aliphatic carbocycles. The molecule has 1 aromatic heterocycles. The number of ether oxygens (including phenoxy) is 1. The van der Waals surface area contributed by atoms with Gasteiger partial charge in [0, 0.05) is 62.0 Å². The second-order valence-corrected chi connectivity index (χ2v) is 9.29. The molecule has 2 aromatic rings. The number of carbonyl (C=O) groups is 1. The largest absolute Gasteiger partial charge is 0.381 e. The molecule has 1 saturated heterocycles. The van der Waals surface area contributed by atoms with Gasteiger partial charge in [-0.3, -0.25) is 9.78 Å². The van der Waals surface area contributed by atoms with E-state index in [4.69, 9.17) is 4.74 Å². The fourth-order valence-electron chi connectivity index (χ4n) is 5.33. The van der Waals surface area contributed by atoms with Gasteiger partial charge in [-0.05, 0) is 87.8 Å². The van der Waals surface area contributed by atoms with Crippen LogP contribution in [0.15, 0.2) is 36.4 Å². The van der Waals surface area contributed by atoms with Gasteiger partial charge in [-0.2, -0.15) is 0 Å². The van der Waals surface area contributed by atoms with Crippen molar-refractivity contribution < 1.29 is 9.53 Å². The zero-order valence-electron chi connectivity index (χ0n) is 20.6. The predicted molar refractivity (Wildman–Crippen MR) is 134 cm³/mol. The molecule has 33 heavy (non-hydrogen) atoms. The van der Waals surface area contributed by atoms with Crippen LogP contribution in [-0.4, -0.2) is 48.6 Å². The maximum Gasteiger partial charge on any atom is 0.254 e. The quantitative estimate of drug-likeness (QED) is 0.620. The topological polar surface area (TPSA) is 45.7 Å². The standard InChI is InChI=1S/C28H37N3O2/c1-5-31(23-14-16-33-17-15-23)27-13-9-12-25-24(27)11-8-6-7-10-22-18-20(2)29-21(3)26(22)19-30(4)28(25)32/h6,8-9,12-13,18,23H,5,7,10-11,14-17,19H2,1-4H3/b8-6+. The van der Waals surface area contributed by atoms with Gasteiger partial charge < -0.3 is 14.5 Å². The number of benzene rings is 1. The van der Waals surface area contributed by atoms with Gasteiger partial charge in [-0.25, -0.2) is 0 Å². The van der Waals surface area contributed by atoms with Crippen molar-refractivity contribution in [2.75, 3.05) is 31.7 Å². The third-order valence-corrected chi connectivity index (χ3v) is 7.03. The van der Waals surface area contributed by atoms with Crippen molar-refractivity contribution >= 4 is 11.6 Å². The molecule has 0 bridgehead atoms. The summed E-state index contributed by atoms with van der Waals surface area (Å²) in [6, 6.07) is 8.87. The number of allylic oxidation sites excluding steroid dienone is 2. The van der Waals surface area contributed by atoms with Crippen LogP contribution in [0.2, 0.25) is 0 Å². The summed E-state index contributed by atoms with van der Waals surface area (Å²) < 4.78 is 5.61. The van der Waals surface area contributed by atoms with Gasteiger partial charge in [0.25, 0.3) is 5.91 Å². The Hall–Kier alpha value is -2.66. The zero-order valence-corrected chi connectivity index (χ0v) is 20.6. The van der Waals surface area contributed by atoms with E-state index in [9.17, 15) is 4.79 Å². The molecule has 1 amide bonds. The molecule has 4 rings (SSSR count). The molecule has 1 aromatic carbocycles. The Morgan fingerprint density at radius 3 is 2.70 bits per heavy atom. The highest BCUT2D eigenvalue weighted by atomic mass is 16.5. The third-order valence-electron chi connectivity index (χ3n) is 7.03. The summed E-state index contributed by atoms with van der Waals surface area (Å²) in [6.07, 6.45) is 9.31. The van der Waals surface area contributed by atoms with Crippen LogP contribution in [0.4, 0.5) is 5.69 Å². The Kier molecular flexibility index (Phi) is 7.49. The van der Waals surface area contributed by atoms with E-state index >= 15 is 0 Å². The van der Waals surface area contributed by atoms with Gasteiger partial charge in [0.05, 0.1) is 0 Å². The number of hydrogen-bond donors (Lipinski definition) is 0. The molecule has 5 heteroatoms.